The van der Waals surface area contributed by atoms with E-state index in [9.17, 15) is 29.1 Å². The van der Waals surface area contributed by atoms with Gasteiger partial charge in [-0.3, -0.25) is 14.4 Å². The Balaban J connectivity index is 1.71. The lowest BCUT2D eigenvalue weighted by molar-refractivity contribution is -0.142. The van der Waals surface area contributed by atoms with Gasteiger partial charge in [0.25, 0.3) is 0 Å². The molecule has 0 radical (unpaired) electrons. The topological polar surface area (TPSA) is 167 Å². The molecule has 3 aromatic rings. The van der Waals surface area contributed by atoms with Crippen molar-refractivity contribution in [3.8, 4) is 0 Å². The van der Waals surface area contributed by atoms with Gasteiger partial charge in [-0.2, -0.15) is 0 Å². The van der Waals surface area contributed by atoms with Gasteiger partial charge < -0.3 is 30.7 Å². The largest absolute Gasteiger partial charge is 0.480 e. The van der Waals surface area contributed by atoms with E-state index in [0.717, 1.165) is 11.1 Å². The number of amides is 4. The van der Waals surface area contributed by atoms with Crippen LogP contribution in [0.4, 0.5) is 4.79 Å². The van der Waals surface area contributed by atoms with E-state index in [1.165, 1.54) is 16.2 Å². The van der Waals surface area contributed by atoms with Gasteiger partial charge in [0, 0.05) is 25.9 Å². The standard InChI is InChI=1S/C34H43N5O7S/c1-22(2)17-27(32(42)38-28(33(43)44)18-24-13-9-6-10-14-24)37-31(41)26(16-15-23-11-7-5-8-12-23)36-29(40)19-25-21-47-30(35-25)20-46-34(45)39(3)4/h5-14,21-22,26-28H,15-20H2,1-4H3,(H,36,40)(H,37,41)(H,38,42)(H,43,44)/t26-,27-,28-/m0/s1. The number of aromatic nitrogens is 1. The lowest BCUT2D eigenvalue weighted by Crippen LogP contribution is -2.56. The molecule has 0 saturated heterocycles. The summed E-state index contributed by atoms with van der Waals surface area (Å²) in [6.45, 7) is 3.76. The van der Waals surface area contributed by atoms with Crippen molar-refractivity contribution in [1.82, 2.24) is 25.8 Å². The number of carbonyl (C=O) groups is 5. The van der Waals surface area contributed by atoms with E-state index >= 15 is 0 Å². The average Bonchev–Trinajstić information content (AvgIpc) is 3.48. The molecule has 47 heavy (non-hydrogen) atoms. The van der Waals surface area contributed by atoms with Crippen LogP contribution in [0.15, 0.2) is 66.0 Å². The molecule has 0 aliphatic heterocycles. The highest BCUT2D eigenvalue weighted by Crippen LogP contribution is 2.14. The van der Waals surface area contributed by atoms with E-state index in [4.69, 9.17) is 4.74 Å². The van der Waals surface area contributed by atoms with Gasteiger partial charge in [-0.25, -0.2) is 14.6 Å². The third kappa shape index (κ3) is 12.9. The molecule has 12 nitrogen and oxygen atoms in total. The van der Waals surface area contributed by atoms with Crippen LogP contribution >= 0.6 is 11.3 Å². The summed E-state index contributed by atoms with van der Waals surface area (Å²) < 4.78 is 5.14. The minimum Gasteiger partial charge on any atom is -0.480 e. The minimum atomic E-state index is -1.19. The number of benzene rings is 2. The first-order chi connectivity index (χ1) is 22.4. The summed E-state index contributed by atoms with van der Waals surface area (Å²) in [6, 6.07) is 15.3. The Labute approximate surface area is 278 Å². The summed E-state index contributed by atoms with van der Waals surface area (Å²) in [7, 11) is 3.14. The first-order valence-electron chi connectivity index (χ1n) is 15.4. The normalized spacial score (nSPS) is 12.8. The molecule has 1 heterocycles. The lowest BCUT2D eigenvalue weighted by Gasteiger charge is -2.25. The zero-order chi connectivity index (χ0) is 34.3. The highest BCUT2D eigenvalue weighted by Gasteiger charge is 2.30. The quantitative estimate of drug-likeness (QED) is 0.170. The molecule has 1 aromatic heterocycles. The van der Waals surface area contributed by atoms with Crippen LogP contribution in [0.1, 0.15) is 48.5 Å². The Morgan fingerprint density at radius 3 is 2.04 bits per heavy atom. The zero-order valence-corrected chi connectivity index (χ0v) is 27.9. The van der Waals surface area contributed by atoms with Crippen molar-refractivity contribution in [2.24, 2.45) is 5.92 Å². The molecule has 0 saturated carbocycles. The number of nitrogens with one attached hydrogen (secondary N) is 3. The molecule has 13 heteroatoms. The number of hydrogen-bond acceptors (Lipinski definition) is 8. The smallest absolute Gasteiger partial charge is 0.409 e. The molecule has 4 N–H and O–H groups in total. The average molecular weight is 666 g/mol. The third-order valence-corrected chi connectivity index (χ3v) is 7.95. The molecule has 0 unspecified atom stereocenters. The predicted octanol–water partition coefficient (Wildman–Crippen LogP) is 3.34. The van der Waals surface area contributed by atoms with Gasteiger partial charge in [0.2, 0.25) is 17.7 Å². The van der Waals surface area contributed by atoms with Crippen molar-refractivity contribution in [1.29, 1.82) is 0 Å². The highest BCUT2D eigenvalue weighted by atomic mass is 32.1. The van der Waals surface area contributed by atoms with Crippen LogP contribution in [-0.4, -0.2) is 77.0 Å². The van der Waals surface area contributed by atoms with Crippen LogP contribution in [0.25, 0.3) is 0 Å². The van der Waals surface area contributed by atoms with Crippen LogP contribution < -0.4 is 16.0 Å². The number of carboxylic acid groups (broad SMARTS) is 1. The summed E-state index contributed by atoms with van der Waals surface area (Å²) >= 11 is 1.25. The Kier molecular flexibility index (Phi) is 14.4. The monoisotopic (exact) mass is 665 g/mol. The van der Waals surface area contributed by atoms with Crippen molar-refractivity contribution >= 4 is 41.1 Å². The molecule has 252 valence electrons. The van der Waals surface area contributed by atoms with E-state index < -0.39 is 47.9 Å². The first kappa shape index (κ1) is 36.7. The van der Waals surface area contributed by atoms with Gasteiger partial charge in [-0.05, 0) is 36.3 Å². The Hall–Kier alpha value is -4.78. The molecule has 0 aliphatic rings. The molecule has 0 spiro atoms. The van der Waals surface area contributed by atoms with Crippen LogP contribution in [0.5, 0.6) is 0 Å². The maximum absolute atomic E-state index is 13.7. The second-order valence-corrected chi connectivity index (χ2v) is 12.7. The zero-order valence-electron chi connectivity index (χ0n) is 27.1. The molecular weight excluding hydrogens is 622 g/mol. The maximum Gasteiger partial charge on any atom is 0.409 e. The van der Waals surface area contributed by atoms with Crippen molar-refractivity contribution in [3.63, 3.8) is 0 Å². The Bertz CT molecular complexity index is 1480. The summed E-state index contributed by atoms with van der Waals surface area (Å²) in [5.41, 5.74) is 2.17. The number of hydrogen-bond donors (Lipinski definition) is 4. The number of carbonyl (C=O) groups excluding carboxylic acids is 4. The van der Waals surface area contributed by atoms with E-state index in [1.807, 2.05) is 50.2 Å². The van der Waals surface area contributed by atoms with Crippen LogP contribution in [-0.2, 0) is 49.8 Å². The molecule has 0 fully saturated rings. The molecule has 0 bridgehead atoms. The molecule has 4 amide bonds. The Morgan fingerprint density at radius 1 is 0.851 bits per heavy atom. The van der Waals surface area contributed by atoms with E-state index in [-0.39, 0.29) is 38.2 Å². The summed E-state index contributed by atoms with van der Waals surface area (Å²) in [4.78, 5) is 69.6. The van der Waals surface area contributed by atoms with E-state index in [1.54, 1.807) is 43.7 Å². The molecule has 2 aromatic carbocycles. The van der Waals surface area contributed by atoms with Crippen LogP contribution in [0, 0.1) is 5.92 Å². The molecular formula is C34H43N5O7S. The molecule has 3 atom stereocenters. The maximum atomic E-state index is 13.7. The van der Waals surface area contributed by atoms with Crippen LogP contribution in [0.3, 0.4) is 0 Å². The number of aliphatic carboxylic acids is 1. The summed E-state index contributed by atoms with van der Waals surface area (Å²) in [6.07, 6.45) is 0.460. The third-order valence-electron chi connectivity index (χ3n) is 7.08. The van der Waals surface area contributed by atoms with Gasteiger partial charge >= 0.3 is 12.1 Å². The van der Waals surface area contributed by atoms with E-state index in [2.05, 4.69) is 20.9 Å². The van der Waals surface area contributed by atoms with Crippen molar-refractivity contribution in [2.75, 3.05) is 14.1 Å². The fourth-order valence-electron chi connectivity index (χ4n) is 4.68. The summed E-state index contributed by atoms with van der Waals surface area (Å²) in [5, 5.41) is 20.2. The van der Waals surface area contributed by atoms with Gasteiger partial charge in [0.1, 0.15) is 29.7 Å². The second-order valence-electron chi connectivity index (χ2n) is 11.8. The minimum absolute atomic E-state index is 0.00308. The molecule has 0 aliphatic carbocycles. The summed E-state index contributed by atoms with van der Waals surface area (Å²) in [5.74, 6) is -2.81. The van der Waals surface area contributed by atoms with Gasteiger partial charge in [-0.1, -0.05) is 74.5 Å². The SMILES string of the molecule is CC(C)C[C@H](NC(=O)[C@H](CCc1ccccc1)NC(=O)Cc1csc(COC(=O)N(C)C)n1)C(=O)N[C@@H](Cc1ccccc1)C(=O)O. The fraction of sp³-hybridized carbons (Fsp3) is 0.412. The lowest BCUT2D eigenvalue weighted by atomic mass is 10.00. The fourth-order valence-corrected chi connectivity index (χ4v) is 5.39. The van der Waals surface area contributed by atoms with Crippen molar-refractivity contribution < 1.29 is 33.8 Å². The number of aryl methyl sites for hydroxylation is 1. The van der Waals surface area contributed by atoms with Crippen LogP contribution in [0.2, 0.25) is 0 Å². The number of thiazole rings is 1. The number of carboxylic acids is 1. The number of rotatable bonds is 17. The van der Waals surface area contributed by atoms with Gasteiger partial charge in [0.05, 0.1) is 12.1 Å². The van der Waals surface area contributed by atoms with E-state index in [0.29, 0.717) is 17.1 Å². The number of ether oxygens (including phenoxy) is 1. The van der Waals surface area contributed by atoms with Crippen molar-refractivity contribution in [3.05, 3.63) is 87.9 Å². The van der Waals surface area contributed by atoms with Gasteiger partial charge in [-0.15, -0.1) is 11.3 Å². The second kappa shape index (κ2) is 18.4. The predicted molar refractivity (Wildman–Crippen MR) is 177 cm³/mol. The number of nitrogens with zero attached hydrogens (tertiary/aromatic N) is 2. The molecule has 3 rings (SSSR count). The van der Waals surface area contributed by atoms with Gasteiger partial charge in [0.15, 0.2) is 0 Å². The first-order valence-corrected chi connectivity index (χ1v) is 16.3. The highest BCUT2D eigenvalue weighted by molar-refractivity contribution is 7.09. The van der Waals surface area contributed by atoms with Crippen molar-refractivity contribution in [2.45, 2.75) is 70.7 Å². The Morgan fingerprint density at radius 2 is 1.45 bits per heavy atom.